The van der Waals surface area contributed by atoms with Gasteiger partial charge in [-0.05, 0) is 187 Å². The summed E-state index contributed by atoms with van der Waals surface area (Å²) in [6, 6.07) is 23.6. The molecule has 10 rings (SSSR count). The van der Waals surface area contributed by atoms with Gasteiger partial charge in [-0.3, -0.25) is 0 Å². The molecule has 2 N–H and O–H groups in total. The molecular formula is C63H73N2NaO11. The topological polar surface area (TPSA) is 175 Å². The SMILES string of the molecule is COC(=O)C1=C(C)c2cc(OC)ccc2-c2c(C3CCCCC3)c3ccc(C(=O)OC(C)(C)C)cc3n2C1.COc1ccc2c(c1)C(C)=C(C(=O)O)Cn1c-2c(C2CCCCC2)c2ccc(C(=O)OC(C)(C)C)cc21.[Na+].[OH-]. The first kappa shape index (κ1) is 58.6. The Bertz CT molecular complexity index is 3330. The predicted molar refractivity (Wildman–Crippen MR) is 297 cm³/mol. The Hall–Kier alpha value is -6.12. The van der Waals surface area contributed by atoms with Crippen LogP contribution in [0, 0.1) is 0 Å². The zero-order valence-electron chi connectivity index (χ0n) is 47.0. The van der Waals surface area contributed by atoms with Crippen LogP contribution < -0.4 is 39.0 Å². The number of ether oxygens (including phenoxy) is 5. The summed E-state index contributed by atoms with van der Waals surface area (Å²) in [5, 5.41) is 12.4. The maximum Gasteiger partial charge on any atom is 1.00 e. The van der Waals surface area contributed by atoms with E-state index in [0.29, 0.717) is 46.4 Å². The molecule has 2 aliphatic heterocycles. The van der Waals surface area contributed by atoms with Gasteiger partial charge in [-0.2, -0.15) is 0 Å². The molecule has 0 spiro atoms. The Balaban J connectivity index is 0.000000218. The molecule has 14 heteroatoms. The van der Waals surface area contributed by atoms with E-state index in [0.717, 1.165) is 98.0 Å². The van der Waals surface area contributed by atoms with Crippen LogP contribution >= 0.6 is 0 Å². The van der Waals surface area contributed by atoms with E-state index in [1.807, 2.05) is 116 Å². The average Bonchev–Trinajstić information content (AvgIpc) is 3.95. The number of carbonyl (C=O) groups excluding carboxylic acids is 3. The first-order valence-corrected chi connectivity index (χ1v) is 26.6. The number of allylic oxidation sites excluding steroid dienone is 2. The molecule has 0 unspecified atom stereocenters. The molecule has 13 nitrogen and oxygen atoms in total. The molecule has 2 aliphatic carbocycles. The summed E-state index contributed by atoms with van der Waals surface area (Å²) in [5.74, 6) is 0.186. The van der Waals surface area contributed by atoms with E-state index < -0.39 is 17.2 Å². The number of benzene rings is 4. The number of carbonyl (C=O) groups is 4. The fourth-order valence-electron chi connectivity index (χ4n) is 12.0. The van der Waals surface area contributed by atoms with Gasteiger partial charge >= 0.3 is 53.4 Å². The molecule has 402 valence electrons. The normalized spacial score (nSPS) is 15.7. The van der Waals surface area contributed by atoms with E-state index in [4.69, 9.17) is 23.7 Å². The van der Waals surface area contributed by atoms with Crippen LogP contribution in [0.3, 0.4) is 0 Å². The number of hydrogen-bond acceptors (Lipinski definition) is 10. The number of rotatable bonds is 8. The Morgan fingerprint density at radius 2 is 0.909 bits per heavy atom. The molecule has 4 aromatic carbocycles. The standard InChI is InChI=1S/C32H37NO5.C31H35NO5.Na.H2O/c1-19-25-17-22(36-5)13-15-23(25)29-28(20-10-8-7-9-11-20)24-14-12-21(30(34)38-32(2,3)4)16-27(24)33(29)18-26(19)31(35)37-6;1-18-24-16-21(36-5)12-14-22(24)28-27(19-9-7-6-8-10-19)23-13-11-20(30(35)37-31(2,3)4)15-26(23)32(28)17-25(18)29(33)34;;/h12-17,20H,7-11,18H2,1-6H3;11-16,19H,6-10,17H2,1-5H3,(H,33,34);;1H2/q;;+1;/p-1. The van der Waals surface area contributed by atoms with Crippen LogP contribution in [-0.4, -0.2) is 76.1 Å². The predicted octanol–water partition coefficient (Wildman–Crippen LogP) is 11.3. The summed E-state index contributed by atoms with van der Waals surface area (Å²) in [5.41, 5.74) is 12.8. The van der Waals surface area contributed by atoms with Crippen molar-refractivity contribution in [2.75, 3.05) is 21.3 Å². The summed E-state index contributed by atoms with van der Waals surface area (Å²) in [6.45, 7) is 15.6. The van der Waals surface area contributed by atoms with Gasteiger partial charge in [0.2, 0.25) is 0 Å². The minimum absolute atomic E-state index is 0. The van der Waals surface area contributed by atoms with Crippen LogP contribution in [0.2, 0.25) is 0 Å². The monoisotopic (exact) mass is 1060 g/mol. The average molecular weight is 1060 g/mol. The van der Waals surface area contributed by atoms with Crippen molar-refractivity contribution < 1.29 is 83.0 Å². The third-order valence-corrected chi connectivity index (χ3v) is 15.5. The summed E-state index contributed by atoms with van der Waals surface area (Å²) in [6.07, 6.45) is 11.7. The van der Waals surface area contributed by atoms with E-state index in [9.17, 15) is 24.3 Å². The van der Waals surface area contributed by atoms with Gasteiger partial charge in [-0.15, -0.1) is 0 Å². The number of fused-ring (bicyclic) bond motifs is 10. The van der Waals surface area contributed by atoms with Crippen LogP contribution in [0.5, 0.6) is 11.5 Å². The van der Waals surface area contributed by atoms with Crippen molar-refractivity contribution in [3.63, 3.8) is 0 Å². The van der Waals surface area contributed by atoms with Crippen LogP contribution in [0.25, 0.3) is 55.5 Å². The zero-order chi connectivity index (χ0) is 53.7. The maximum atomic E-state index is 13.1. The maximum absolute atomic E-state index is 13.1. The second-order valence-corrected chi connectivity index (χ2v) is 22.7. The van der Waals surface area contributed by atoms with Gasteiger partial charge in [0.25, 0.3) is 0 Å². The van der Waals surface area contributed by atoms with Crippen molar-refractivity contribution in [3.8, 4) is 34.0 Å². The van der Waals surface area contributed by atoms with Gasteiger partial charge < -0.3 is 43.4 Å². The molecule has 0 bridgehead atoms. The van der Waals surface area contributed by atoms with Crippen LogP contribution in [0.1, 0.15) is 174 Å². The molecule has 2 aromatic heterocycles. The van der Waals surface area contributed by atoms with E-state index in [2.05, 4.69) is 21.3 Å². The number of hydrogen-bond donors (Lipinski definition) is 1. The van der Waals surface area contributed by atoms with Gasteiger partial charge in [0, 0.05) is 32.9 Å². The molecule has 0 saturated heterocycles. The largest absolute Gasteiger partial charge is 1.00 e. The molecule has 0 radical (unpaired) electrons. The zero-order valence-corrected chi connectivity index (χ0v) is 49.0. The van der Waals surface area contributed by atoms with Crippen molar-refractivity contribution in [2.45, 2.75) is 156 Å². The fourth-order valence-corrected chi connectivity index (χ4v) is 12.0. The number of esters is 3. The first-order valence-electron chi connectivity index (χ1n) is 26.6. The summed E-state index contributed by atoms with van der Waals surface area (Å²) >= 11 is 0. The Labute approximate surface area is 474 Å². The number of aliphatic carboxylic acids is 1. The van der Waals surface area contributed by atoms with Crippen molar-refractivity contribution in [1.29, 1.82) is 0 Å². The molecule has 2 saturated carbocycles. The molecule has 6 aromatic rings. The second kappa shape index (κ2) is 23.5. The van der Waals surface area contributed by atoms with E-state index in [-0.39, 0.29) is 59.5 Å². The summed E-state index contributed by atoms with van der Waals surface area (Å²) in [7, 11) is 4.70. The molecule has 0 atom stereocenters. The number of aromatic nitrogens is 2. The van der Waals surface area contributed by atoms with Gasteiger partial charge in [-0.25, -0.2) is 19.2 Å². The Kier molecular flexibility index (Phi) is 17.8. The quantitative estimate of drug-likeness (QED) is 0.0872. The van der Waals surface area contributed by atoms with Crippen LogP contribution in [0.15, 0.2) is 83.9 Å². The number of carboxylic acids is 1. The van der Waals surface area contributed by atoms with Gasteiger partial charge in [0.15, 0.2) is 0 Å². The van der Waals surface area contributed by atoms with Crippen molar-refractivity contribution in [1.82, 2.24) is 9.13 Å². The molecular weight excluding hydrogens is 984 g/mol. The van der Waals surface area contributed by atoms with Crippen LogP contribution in [-0.2, 0) is 36.9 Å². The number of carboxylic acid groups (broad SMARTS) is 1. The van der Waals surface area contributed by atoms with Gasteiger partial charge in [0.1, 0.15) is 22.7 Å². The third kappa shape index (κ3) is 11.7. The summed E-state index contributed by atoms with van der Waals surface area (Å²) < 4.78 is 32.0. The third-order valence-electron chi connectivity index (χ3n) is 15.5. The number of nitrogens with zero attached hydrogens (tertiary/aromatic N) is 2. The second-order valence-electron chi connectivity index (χ2n) is 22.7. The van der Waals surface area contributed by atoms with Crippen LogP contribution in [0.4, 0.5) is 0 Å². The minimum atomic E-state index is -0.941. The van der Waals surface area contributed by atoms with Gasteiger partial charge in [-0.1, -0.05) is 50.7 Å². The molecule has 4 aliphatic rings. The summed E-state index contributed by atoms with van der Waals surface area (Å²) in [4.78, 5) is 51.6. The van der Waals surface area contributed by atoms with Crippen molar-refractivity contribution >= 4 is 56.8 Å². The number of methoxy groups -OCH3 is 3. The first-order chi connectivity index (χ1) is 35.7. The van der Waals surface area contributed by atoms with E-state index in [1.165, 1.54) is 56.8 Å². The van der Waals surface area contributed by atoms with Crippen molar-refractivity contribution in [3.05, 3.63) is 117 Å². The molecule has 4 heterocycles. The molecule has 77 heavy (non-hydrogen) atoms. The fraction of sp³-hybridized carbons (Fsp3) is 0.429. The molecule has 0 amide bonds. The molecule has 2 fully saturated rings. The smallest absolute Gasteiger partial charge is 0.870 e. The van der Waals surface area contributed by atoms with E-state index >= 15 is 0 Å². The van der Waals surface area contributed by atoms with Gasteiger partial charge in [0.05, 0.1) is 68.1 Å². The minimum Gasteiger partial charge on any atom is -0.870 e. The Morgan fingerprint density at radius 1 is 0.519 bits per heavy atom. The van der Waals surface area contributed by atoms with Crippen molar-refractivity contribution in [2.24, 2.45) is 0 Å². The Morgan fingerprint density at radius 3 is 1.27 bits per heavy atom. The van der Waals surface area contributed by atoms with E-state index in [1.54, 1.807) is 14.2 Å².